The molecule has 1 saturated heterocycles. The maximum absolute atomic E-state index is 13.2. The van der Waals surface area contributed by atoms with Crippen molar-refractivity contribution in [1.82, 2.24) is 5.32 Å². The second kappa shape index (κ2) is 9.53. The quantitative estimate of drug-likeness (QED) is 0.300. The number of hydrogen-bond donors (Lipinski definition) is 1. The number of carbonyl (C=O) groups is 2. The Bertz CT molecular complexity index is 1240. The van der Waals surface area contributed by atoms with E-state index >= 15 is 0 Å². The maximum atomic E-state index is 13.2. The highest BCUT2D eigenvalue weighted by atomic mass is 35.5. The highest BCUT2D eigenvalue weighted by Gasteiger charge is 2.34. The fraction of sp³-hybridized carbons (Fsp3) is 0.0417. The van der Waals surface area contributed by atoms with Gasteiger partial charge in [-0.2, -0.15) is 0 Å². The lowest BCUT2D eigenvalue weighted by Gasteiger charge is -2.29. The number of rotatable bonds is 5. The summed E-state index contributed by atoms with van der Waals surface area (Å²) in [6.45, 7) is 0.280. The fourth-order valence-electron chi connectivity index (χ4n) is 3.16. The molecule has 0 radical (unpaired) electrons. The summed E-state index contributed by atoms with van der Waals surface area (Å²) in [7, 11) is 0. The third-order valence-corrected chi connectivity index (χ3v) is 5.46. The number of nitrogens with zero attached hydrogens (tertiary/aromatic N) is 1. The summed E-state index contributed by atoms with van der Waals surface area (Å²) in [5.74, 6) is -0.590. The fourth-order valence-corrected chi connectivity index (χ4v) is 3.78. The third-order valence-electron chi connectivity index (χ3n) is 4.69. The molecule has 3 aromatic carbocycles. The lowest BCUT2D eigenvalue weighted by Crippen LogP contribution is -2.54. The summed E-state index contributed by atoms with van der Waals surface area (Å²) in [6.07, 6.45) is 1.50. The van der Waals surface area contributed by atoms with Crippen LogP contribution in [0.3, 0.4) is 0 Å². The van der Waals surface area contributed by atoms with E-state index in [1.165, 1.54) is 11.0 Å². The molecule has 3 aromatic rings. The summed E-state index contributed by atoms with van der Waals surface area (Å²) in [5.41, 5.74) is 1.91. The van der Waals surface area contributed by atoms with E-state index in [0.29, 0.717) is 27.0 Å². The van der Waals surface area contributed by atoms with E-state index in [0.717, 1.165) is 5.56 Å². The molecule has 4 rings (SSSR count). The Labute approximate surface area is 200 Å². The van der Waals surface area contributed by atoms with Gasteiger partial charge in [-0.3, -0.25) is 19.8 Å². The molecule has 0 atom stereocenters. The van der Waals surface area contributed by atoms with Gasteiger partial charge in [-0.15, -0.1) is 0 Å². The zero-order valence-electron chi connectivity index (χ0n) is 16.5. The summed E-state index contributed by atoms with van der Waals surface area (Å²) in [5, 5.41) is 3.71. The first-order chi connectivity index (χ1) is 15.4. The number of amides is 2. The Morgan fingerprint density at radius 1 is 0.938 bits per heavy atom. The number of para-hydroxylation sites is 1. The molecule has 1 aliphatic heterocycles. The van der Waals surface area contributed by atoms with Crippen LogP contribution in [0.2, 0.25) is 10.0 Å². The van der Waals surface area contributed by atoms with Crippen molar-refractivity contribution in [3.63, 3.8) is 0 Å². The smallest absolute Gasteiger partial charge is 0.270 e. The van der Waals surface area contributed by atoms with Gasteiger partial charge >= 0.3 is 0 Å². The number of hydrogen-bond acceptors (Lipinski definition) is 4. The van der Waals surface area contributed by atoms with Crippen molar-refractivity contribution < 1.29 is 14.3 Å². The van der Waals surface area contributed by atoms with E-state index in [-0.39, 0.29) is 17.3 Å². The predicted octanol–water partition coefficient (Wildman–Crippen LogP) is 5.40. The molecule has 160 valence electrons. The average molecular weight is 483 g/mol. The molecule has 2 amide bonds. The first kappa shape index (κ1) is 22.0. The van der Waals surface area contributed by atoms with Crippen LogP contribution < -0.4 is 15.0 Å². The van der Waals surface area contributed by atoms with Crippen molar-refractivity contribution in [1.29, 1.82) is 0 Å². The van der Waals surface area contributed by atoms with Crippen molar-refractivity contribution in [3.8, 4) is 5.75 Å². The number of benzene rings is 3. The lowest BCUT2D eigenvalue weighted by molar-refractivity contribution is -0.122. The van der Waals surface area contributed by atoms with E-state index in [2.05, 4.69) is 5.32 Å². The van der Waals surface area contributed by atoms with E-state index in [1.54, 1.807) is 48.5 Å². The third kappa shape index (κ3) is 4.83. The summed E-state index contributed by atoms with van der Waals surface area (Å²) >= 11 is 17.2. The molecule has 1 fully saturated rings. The predicted molar refractivity (Wildman–Crippen MR) is 130 cm³/mol. The van der Waals surface area contributed by atoms with Gasteiger partial charge in [0, 0.05) is 15.6 Å². The van der Waals surface area contributed by atoms with E-state index < -0.39 is 11.8 Å². The Morgan fingerprint density at radius 2 is 1.69 bits per heavy atom. The van der Waals surface area contributed by atoms with E-state index in [4.69, 9.17) is 40.2 Å². The minimum Gasteiger partial charge on any atom is -0.488 e. The minimum absolute atomic E-state index is 0.00460. The molecular weight excluding hydrogens is 467 g/mol. The lowest BCUT2D eigenvalue weighted by atomic mass is 10.1. The number of nitrogens with one attached hydrogen (secondary N) is 1. The van der Waals surface area contributed by atoms with Crippen molar-refractivity contribution >= 4 is 64.1 Å². The molecule has 5 nitrogen and oxygen atoms in total. The largest absolute Gasteiger partial charge is 0.488 e. The van der Waals surface area contributed by atoms with Crippen LogP contribution in [0.25, 0.3) is 6.08 Å². The average Bonchev–Trinajstić information content (AvgIpc) is 2.77. The van der Waals surface area contributed by atoms with Gasteiger partial charge in [0.25, 0.3) is 11.8 Å². The van der Waals surface area contributed by atoms with Crippen molar-refractivity contribution in [2.24, 2.45) is 0 Å². The SMILES string of the molecule is O=C1NC(=S)N(c2ccc(Cl)cc2)C(=O)C1=Cc1ccccc1OCc1cccc(Cl)c1. The first-order valence-electron chi connectivity index (χ1n) is 9.55. The van der Waals surface area contributed by atoms with Crippen molar-refractivity contribution in [2.75, 3.05) is 4.90 Å². The Kier molecular flexibility index (Phi) is 6.55. The van der Waals surface area contributed by atoms with Crippen LogP contribution >= 0.6 is 35.4 Å². The molecule has 0 bridgehead atoms. The second-order valence-electron chi connectivity index (χ2n) is 6.89. The summed E-state index contributed by atoms with van der Waals surface area (Å²) in [4.78, 5) is 27.0. The second-order valence-corrected chi connectivity index (χ2v) is 8.15. The Morgan fingerprint density at radius 3 is 2.44 bits per heavy atom. The van der Waals surface area contributed by atoms with Crippen molar-refractivity contribution in [2.45, 2.75) is 6.61 Å². The zero-order valence-corrected chi connectivity index (χ0v) is 18.9. The molecule has 32 heavy (non-hydrogen) atoms. The molecule has 1 N–H and O–H groups in total. The van der Waals surface area contributed by atoms with Crippen LogP contribution in [-0.2, 0) is 16.2 Å². The molecule has 0 unspecified atom stereocenters. The number of thiocarbonyl (C=S) groups is 1. The molecule has 1 aliphatic rings. The summed E-state index contributed by atoms with van der Waals surface area (Å²) < 4.78 is 5.94. The van der Waals surface area contributed by atoms with Crippen LogP contribution in [0.4, 0.5) is 5.69 Å². The number of carbonyl (C=O) groups excluding carboxylic acids is 2. The molecule has 0 aliphatic carbocycles. The zero-order chi connectivity index (χ0) is 22.7. The van der Waals surface area contributed by atoms with Gasteiger partial charge < -0.3 is 4.74 Å². The maximum Gasteiger partial charge on any atom is 0.270 e. The van der Waals surface area contributed by atoms with Gasteiger partial charge in [-0.25, -0.2) is 0 Å². The van der Waals surface area contributed by atoms with Gasteiger partial charge in [0.1, 0.15) is 17.9 Å². The van der Waals surface area contributed by atoms with Crippen molar-refractivity contribution in [3.05, 3.63) is 99.5 Å². The highest BCUT2D eigenvalue weighted by molar-refractivity contribution is 7.80. The van der Waals surface area contributed by atoms with Gasteiger partial charge in [0.05, 0.1) is 5.69 Å². The van der Waals surface area contributed by atoms with Gasteiger partial charge in [0.15, 0.2) is 5.11 Å². The molecular formula is C24H16Cl2N2O3S. The molecule has 1 heterocycles. The van der Waals surface area contributed by atoms with Crippen LogP contribution in [0.1, 0.15) is 11.1 Å². The van der Waals surface area contributed by atoms with Crippen LogP contribution in [0.15, 0.2) is 78.4 Å². The highest BCUT2D eigenvalue weighted by Crippen LogP contribution is 2.27. The molecule has 0 spiro atoms. The molecule has 0 saturated carbocycles. The number of anilines is 1. The molecule has 0 aromatic heterocycles. The number of halogens is 2. The Balaban J connectivity index is 1.63. The first-order valence-corrected chi connectivity index (χ1v) is 10.7. The monoisotopic (exact) mass is 482 g/mol. The number of ether oxygens (including phenoxy) is 1. The molecule has 8 heteroatoms. The summed E-state index contributed by atoms with van der Waals surface area (Å²) in [6, 6.07) is 21.1. The van der Waals surface area contributed by atoms with Gasteiger partial charge in [-0.1, -0.05) is 53.5 Å². The van der Waals surface area contributed by atoms with Crippen LogP contribution in [0, 0.1) is 0 Å². The van der Waals surface area contributed by atoms with E-state index in [9.17, 15) is 9.59 Å². The standard InChI is InChI=1S/C24H16Cl2N2O3S/c25-17-8-10-19(11-9-17)28-23(30)20(22(29)27-24(28)32)13-16-5-1-2-7-21(16)31-14-15-4-3-6-18(26)12-15/h1-13H,14H2,(H,27,29,32). The normalized spacial score (nSPS) is 15.1. The van der Waals surface area contributed by atoms with Gasteiger partial charge in [-0.05, 0) is 66.3 Å². The van der Waals surface area contributed by atoms with Crippen LogP contribution in [-0.4, -0.2) is 16.9 Å². The topological polar surface area (TPSA) is 58.6 Å². The van der Waals surface area contributed by atoms with E-state index in [1.807, 2.05) is 24.3 Å². The minimum atomic E-state index is -0.574. The van der Waals surface area contributed by atoms with Crippen LogP contribution in [0.5, 0.6) is 5.75 Å². The Hall–Kier alpha value is -3.19. The van der Waals surface area contributed by atoms with Gasteiger partial charge in [0.2, 0.25) is 0 Å².